The number of hydrogen-bond donors (Lipinski definition) is 1. The van der Waals surface area contributed by atoms with E-state index in [0.29, 0.717) is 0 Å². The first kappa shape index (κ1) is 15.4. The summed E-state index contributed by atoms with van der Waals surface area (Å²) in [5.74, 6) is 0.130. The number of fused-ring (bicyclic) bond motifs is 1. The van der Waals surface area contributed by atoms with E-state index in [2.05, 4.69) is 26.3 Å². The van der Waals surface area contributed by atoms with E-state index in [9.17, 15) is 4.79 Å². The fourth-order valence-corrected chi connectivity index (χ4v) is 3.63. The Hall–Kier alpha value is -2.18. The fraction of sp³-hybridized carbons (Fsp3) is 0.444. The molecule has 0 spiro atoms. The number of anilines is 1. The lowest BCUT2D eigenvalue weighted by atomic mass is 10.0. The van der Waals surface area contributed by atoms with Crippen molar-refractivity contribution >= 4 is 11.6 Å². The summed E-state index contributed by atoms with van der Waals surface area (Å²) in [6, 6.07) is 9.98. The number of aromatic nitrogens is 1. The van der Waals surface area contributed by atoms with E-state index in [0.717, 1.165) is 56.9 Å². The number of amides is 1. The zero-order valence-corrected chi connectivity index (χ0v) is 13.6. The molecule has 3 heterocycles. The van der Waals surface area contributed by atoms with Crippen molar-refractivity contribution in [3.8, 4) is 0 Å². The normalized spacial score (nSPS) is 22.7. The lowest BCUT2D eigenvalue weighted by molar-refractivity contribution is -0.122. The van der Waals surface area contributed by atoms with E-state index in [-0.39, 0.29) is 11.9 Å². The van der Waals surface area contributed by atoms with Gasteiger partial charge in [-0.3, -0.25) is 14.6 Å². The SMILES string of the molecule is O=C1Nc2ccccc2CCC1N1CCN(Cc2ccon2)CC1. The van der Waals surface area contributed by atoms with Crippen LogP contribution in [-0.4, -0.2) is 53.1 Å². The van der Waals surface area contributed by atoms with Crippen LogP contribution in [0.5, 0.6) is 0 Å². The van der Waals surface area contributed by atoms with Crippen LogP contribution in [-0.2, 0) is 17.8 Å². The Morgan fingerprint density at radius 1 is 1.17 bits per heavy atom. The first-order valence-corrected chi connectivity index (χ1v) is 8.54. The fourth-order valence-electron chi connectivity index (χ4n) is 3.63. The second-order valence-corrected chi connectivity index (χ2v) is 6.50. The number of benzene rings is 1. The molecule has 1 atom stereocenters. The minimum absolute atomic E-state index is 0.0356. The van der Waals surface area contributed by atoms with Crippen molar-refractivity contribution in [1.29, 1.82) is 0 Å². The second-order valence-electron chi connectivity index (χ2n) is 6.50. The molecule has 1 amide bonds. The van der Waals surface area contributed by atoms with E-state index in [1.165, 1.54) is 5.56 Å². The van der Waals surface area contributed by atoms with Crippen LogP contribution < -0.4 is 5.32 Å². The molecular weight excluding hydrogens is 304 g/mol. The molecule has 2 aliphatic heterocycles. The van der Waals surface area contributed by atoms with Gasteiger partial charge >= 0.3 is 0 Å². The van der Waals surface area contributed by atoms with Crippen LogP contribution in [0.25, 0.3) is 0 Å². The minimum atomic E-state index is -0.0356. The number of piperazine rings is 1. The quantitative estimate of drug-likeness (QED) is 0.931. The predicted molar refractivity (Wildman–Crippen MR) is 90.5 cm³/mol. The third-order valence-corrected chi connectivity index (χ3v) is 4.99. The van der Waals surface area contributed by atoms with E-state index in [1.807, 2.05) is 24.3 Å². The van der Waals surface area contributed by atoms with Crippen LogP contribution >= 0.6 is 0 Å². The monoisotopic (exact) mass is 326 g/mol. The van der Waals surface area contributed by atoms with Crippen molar-refractivity contribution in [1.82, 2.24) is 15.0 Å². The van der Waals surface area contributed by atoms with Gasteiger partial charge in [-0.25, -0.2) is 0 Å². The highest BCUT2D eigenvalue weighted by Crippen LogP contribution is 2.24. The van der Waals surface area contributed by atoms with E-state index < -0.39 is 0 Å². The number of para-hydroxylation sites is 1. The molecule has 1 unspecified atom stereocenters. The Morgan fingerprint density at radius 3 is 2.79 bits per heavy atom. The van der Waals surface area contributed by atoms with Gasteiger partial charge in [0.05, 0.1) is 11.7 Å². The maximum atomic E-state index is 12.6. The standard InChI is InChI=1S/C18H22N4O2/c23-18-17(6-5-14-3-1-2-4-16(14)19-18)22-10-8-21(9-11-22)13-15-7-12-24-20-15/h1-4,7,12,17H,5-6,8-11,13H2,(H,19,23). The van der Waals surface area contributed by atoms with Crippen LogP contribution in [0.3, 0.4) is 0 Å². The van der Waals surface area contributed by atoms with E-state index in [4.69, 9.17) is 4.52 Å². The molecule has 24 heavy (non-hydrogen) atoms. The summed E-state index contributed by atoms with van der Waals surface area (Å²) in [5.41, 5.74) is 3.17. The van der Waals surface area contributed by atoms with Crippen molar-refractivity contribution in [2.24, 2.45) is 0 Å². The molecule has 0 aliphatic carbocycles. The molecule has 2 aliphatic rings. The first-order chi connectivity index (χ1) is 11.8. The van der Waals surface area contributed by atoms with Crippen molar-refractivity contribution in [3.63, 3.8) is 0 Å². The zero-order valence-electron chi connectivity index (χ0n) is 13.6. The number of nitrogens with zero attached hydrogens (tertiary/aromatic N) is 3. The lowest BCUT2D eigenvalue weighted by Gasteiger charge is -2.37. The Kier molecular flexibility index (Phi) is 4.32. The maximum Gasteiger partial charge on any atom is 0.241 e. The van der Waals surface area contributed by atoms with Crippen molar-refractivity contribution in [3.05, 3.63) is 47.9 Å². The molecular formula is C18H22N4O2. The smallest absolute Gasteiger partial charge is 0.241 e. The molecule has 6 heteroatoms. The molecule has 0 bridgehead atoms. The van der Waals surface area contributed by atoms with Gasteiger partial charge in [0.2, 0.25) is 5.91 Å². The summed E-state index contributed by atoms with van der Waals surface area (Å²) >= 11 is 0. The third-order valence-electron chi connectivity index (χ3n) is 4.99. The van der Waals surface area contributed by atoms with Gasteiger partial charge in [0, 0.05) is 44.5 Å². The van der Waals surface area contributed by atoms with Gasteiger partial charge in [0.15, 0.2) is 0 Å². The maximum absolute atomic E-state index is 12.6. The summed E-state index contributed by atoms with van der Waals surface area (Å²) in [4.78, 5) is 17.3. The molecule has 1 fully saturated rings. The van der Waals surface area contributed by atoms with E-state index in [1.54, 1.807) is 6.26 Å². The largest absolute Gasteiger partial charge is 0.364 e. The summed E-state index contributed by atoms with van der Waals surface area (Å²) in [7, 11) is 0. The summed E-state index contributed by atoms with van der Waals surface area (Å²) in [5, 5.41) is 7.07. The van der Waals surface area contributed by atoms with E-state index >= 15 is 0 Å². The molecule has 6 nitrogen and oxygen atoms in total. The van der Waals surface area contributed by atoms with Gasteiger partial charge in [-0.1, -0.05) is 23.4 Å². The average Bonchev–Trinajstić information content (AvgIpc) is 3.04. The zero-order chi connectivity index (χ0) is 16.4. The van der Waals surface area contributed by atoms with Gasteiger partial charge in [0.1, 0.15) is 6.26 Å². The van der Waals surface area contributed by atoms with Crippen molar-refractivity contribution < 1.29 is 9.32 Å². The summed E-state index contributed by atoms with van der Waals surface area (Å²) < 4.78 is 4.89. The van der Waals surface area contributed by atoms with Gasteiger partial charge in [-0.15, -0.1) is 0 Å². The Labute approximate surface area is 141 Å². The van der Waals surface area contributed by atoms with Crippen LogP contribution in [0.4, 0.5) is 5.69 Å². The molecule has 1 saturated heterocycles. The molecule has 1 aromatic carbocycles. The molecule has 0 radical (unpaired) electrons. The van der Waals surface area contributed by atoms with Crippen LogP contribution in [0.2, 0.25) is 0 Å². The third kappa shape index (κ3) is 3.20. The van der Waals surface area contributed by atoms with Crippen LogP contribution in [0.15, 0.2) is 41.1 Å². The lowest BCUT2D eigenvalue weighted by Crippen LogP contribution is -2.53. The summed E-state index contributed by atoms with van der Waals surface area (Å²) in [6.07, 6.45) is 3.43. The Balaban J connectivity index is 1.36. The second kappa shape index (κ2) is 6.75. The molecule has 2 aromatic rings. The predicted octanol–water partition coefficient (Wildman–Crippen LogP) is 1.75. The number of hydrogen-bond acceptors (Lipinski definition) is 5. The van der Waals surface area contributed by atoms with Crippen molar-refractivity contribution in [2.45, 2.75) is 25.4 Å². The number of carbonyl (C=O) groups is 1. The Morgan fingerprint density at radius 2 is 2.00 bits per heavy atom. The molecule has 1 N–H and O–H groups in total. The minimum Gasteiger partial charge on any atom is -0.364 e. The molecule has 126 valence electrons. The van der Waals surface area contributed by atoms with Gasteiger partial charge in [-0.05, 0) is 24.5 Å². The number of aryl methyl sites for hydroxylation is 1. The average molecular weight is 326 g/mol. The van der Waals surface area contributed by atoms with Gasteiger partial charge in [-0.2, -0.15) is 0 Å². The number of nitrogens with one attached hydrogen (secondary N) is 1. The highest BCUT2D eigenvalue weighted by Gasteiger charge is 2.31. The topological polar surface area (TPSA) is 61.6 Å². The summed E-state index contributed by atoms with van der Waals surface area (Å²) in [6.45, 7) is 4.53. The number of rotatable bonds is 3. The molecule has 4 rings (SSSR count). The number of carbonyl (C=O) groups excluding carboxylic acids is 1. The highest BCUT2D eigenvalue weighted by atomic mass is 16.5. The van der Waals surface area contributed by atoms with Gasteiger partial charge < -0.3 is 9.84 Å². The molecule has 0 saturated carbocycles. The first-order valence-electron chi connectivity index (χ1n) is 8.54. The van der Waals surface area contributed by atoms with Crippen LogP contribution in [0.1, 0.15) is 17.7 Å². The van der Waals surface area contributed by atoms with Crippen molar-refractivity contribution in [2.75, 3.05) is 31.5 Å². The van der Waals surface area contributed by atoms with Crippen LogP contribution in [0, 0.1) is 0 Å². The van der Waals surface area contributed by atoms with Gasteiger partial charge in [0.25, 0.3) is 0 Å². The highest BCUT2D eigenvalue weighted by molar-refractivity contribution is 5.96. The Bertz CT molecular complexity index is 693. The molecule has 1 aromatic heterocycles.